The lowest BCUT2D eigenvalue weighted by atomic mass is 10.3. The Hall–Kier alpha value is 0.0800. The summed E-state index contributed by atoms with van der Waals surface area (Å²) in [6.45, 7) is 1.60. The number of hydrogen-bond donors (Lipinski definition) is 1. The highest BCUT2D eigenvalue weighted by Crippen LogP contribution is 2.35. The van der Waals surface area contributed by atoms with E-state index in [9.17, 15) is 8.42 Å². The van der Waals surface area contributed by atoms with Crippen molar-refractivity contribution in [3.8, 4) is 0 Å². The molecule has 1 aromatic rings. The van der Waals surface area contributed by atoms with Crippen LogP contribution >= 0.6 is 46.8 Å². The standard InChI is InChI=1S/C8H10Cl2N2O2S3/c1-4(8(11)15)12(2)17(13,14)5-3-6(9)16-7(5)10/h3-4H,1-2H3,(H2,11,15). The monoisotopic (exact) mass is 332 g/mol. The molecule has 1 rings (SSSR count). The summed E-state index contributed by atoms with van der Waals surface area (Å²) in [5, 5.41) is 0. The average Bonchev–Trinajstić information content (AvgIpc) is 2.56. The smallest absolute Gasteiger partial charge is 0.245 e. The van der Waals surface area contributed by atoms with E-state index in [1.807, 2.05) is 0 Å². The van der Waals surface area contributed by atoms with Gasteiger partial charge in [0.05, 0.1) is 15.4 Å². The molecule has 0 amide bonds. The predicted molar refractivity (Wildman–Crippen MR) is 75.5 cm³/mol. The Labute approximate surface area is 119 Å². The minimum absolute atomic E-state index is 0.0280. The number of nitrogens with zero attached hydrogens (tertiary/aromatic N) is 1. The van der Waals surface area contributed by atoms with Gasteiger partial charge in [-0.2, -0.15) is 4.31 Å². The molecule has 1 atom stereocenters. The van der Waals surface area contributed by atoms with Crippen LogP contribution in [0.15, 0.2) is 11.0 Å². The third-order valence-corrected chi connectivity index (χ3v) is 6.26. The van der Waals surface area contributed by atoms with E-state index in [0.29, 0.717) is 4.34 Å². The number of sulfonamides is 1. The van der Waals surface area contributed by atoms with Crippen molar-refractivity contribution in [2.75, 3.05) is 7.05 Å². The molecule has 0 spiro atoms. The lowest BCUT2D eigenvalue weighted by Crippen LogP contribution is -2.42. The van der Waals surface area contributed by atoms with Gasteiger partial charge in [-0.1, -0.05) is 35.4 Å². The maximum atomic E-state index is 12.2. The van der Waals surface area contributed by atoms with Crippen LogP contribution in [0.1, 0.15) is 6.92 Å². The Balaban J connectivity index is 3.20. The summed E-state index contributed by atoms with van der Waals surface area (Å²) in [7, 11) is -2.34. The second kappa shape index (κ2) is 5.38. The van der Waals surface area contributed by atoms with Crippen LogP contribution in [-0.2, 0) is 10.0 Å². The third-order valence-electron chi connectivity index (χ3n) is 2.24. The lowest BCUT2D eigenvalue weighted by molar-refractivity contribution is 0.452. The number of thiophene rings is 1. The van der Waals surface area contributed by atoms with Gasteiger partial charge >= 0.3 is 0 Å². The highest BCUT2D eigenvalue weighted by atomic mass is 35.5. The van der Waals surface area contributed by atoms with Crippen LogP contribution in [0.4, 0.5) is 0 Å². The molecule has 96 valence electrons. The van der Waals surface area contributed by atoms with Crippen molar-refractivity contribution in [3.63, 3.8) is 0 Å². The highest BCUT2D eigenvalue weighted by Gasteiger charge is 2.30. The van der Waals surface area contributed by atoms with Crippen LogP contribution in [0, 0.1) is 0 Å². The molecule has 2 N–H and O–H groups in total. The van der Waals surface area contributed by atoms with E-state index in [-0.39, 0.29) is 14.2 Å². The molecule has 1 unspecified atom stereocenters. The van der Waals surface area contributed by atoms with Crippen molar-refractivity contribution in [1.29, 1.82) is 0 Å². The Morgan fingerprint density at radius 2 is 2.12 bits per heavy atom. The minimum Gasteiger partial charge on any atom is -0.392 e. The van der Waals surface area contributed by atoms with Crippen molar-refractivity contribution < 1.29 is 8.42 Å². The Morgan fingerprint density at radius 1 is 1.59 bits per heavy atom. The van der Waals surface area contributed by atoms with Crippen molar-refractivity contribution in [2.45, 2.75) is 17.9 Å². The molecule has 0 saturated carbocycles. The van der Waals surface area contributed by atoms with E-state index < -0.39 is 16.1 Å². The molecule has 0 aliphatic carbocycles. The summed E-state index contributed by atoms with van der Waals surface area (Å²) < 4.78 is 25.9. The second-order valence-electron chi connectivity index (χ2n) is 3.29. The molecule has 1 heterocycles. The number of rotatable bonds is 4. The molecule has 4 nitrogen and oxygen atoms in total. The molecular formula is C8H10Cl2N2O2S3. The average molecular weight is 333 g/mol. The summed E-state index contributed by atoms with van der Waals surface area (Å²) in [5.74, 6) is 0. The van der Waals surface area contributed by atoms with Gasteiger partial charge in [0.1, 0.15) is 9.23 Å². The number of thiocarbonyl (C=S) groups is 1. The van der Waals surface area contributed by atoms with Crippen LogP contribution in [0.3, 0.4) is 0 Å². The second-order valence-corrected chi connectivity index (χ2v) is 8.01. The molecule has 0 bridgehead atoms. The zero-order chi connectivity index (χ0) is 13.4. The maximum absolute atomic E-state index is 12.2. The third kappa shape index (κ3) is 3.10. The maximum Gasteiger partial charge on any atom is 0.245 e. The topological polar surface area (TPSA) is 63.4 Å². The zero-order valence-electron chi connectivity index (χ0n) is 8.98. The van der Waals surface area contributed by atoms with Crippen LogP contribution in [0.25, 0.3) is 0 Å². The molecule has 9 heteroatoms. The number of likely N-dealkylation sites (N-methyl/N-ethyl adjacent to an activating group) is 1. The number of halogens is 2. The van der Waals surface area contributed by atoms with Gasteiger partial charge in [0, 0.05) is 7.05 Å². The number of hydrogen-bond acceptors (Lipinski definition) is 4. The van der Waals surface area contributed by atoms with Crippen molar-refractivity contribution in [3.05, 3.63) is 14.7 Å². The largest absolute Gasteiger partial charge is 0.392 e. The van der Waals surface area contributed by atoms with Gasteiger partial charge in [0.2, 0.25) is 10.0 Å². The Morgan fingerprint density at radius 3 is 2.47 bits per heavy atom. The Kier molecular flexibility index (Phi) is 4.79. The van der Waals surface area contributed by atoms with E-state index in [1.54, 1.807) is 6.92 Å². The van der Waals surface area contributed by atoms with Gasteiger partial charge in [0.15, 0.2) is 0 Å². The van der Waals surface area contributed by atoms with Crippen LogP contribution in [0.5, 0.6) is 0 Å². The van der Waals surface area contributed by atoms with Crippen LogP contribution in [0.2, 0.25) is 8.67 Å². The quantitative estimate of drug-likeness (QED) is 0.859. The van der Waals surface area contributed by atoms with E-state index in [1.165, 1.54) is 13.1 Å². The van der Waals surface area contributed by atoms with Crippen LogP contribution in [-0.4, -0.2) is 30.8 Å². The first-order valence-electron chi connectivity index (χ1n) is 4.40. The fourth-order valence-electron chi connectivity index (χ4n) is 1.04. The normalized spacial score (nSPS) is 13.9. The van der Waals surface area contributed by atoms with Gasteiger partial charge in [-0.3, -0.25) is 0 Å². The van der Waals surface area contributed by atoms with E-state index in [4.69, 9.17) is 41.2 Å². The van der Waals surface area contributed by atoms with Crippen molar-refractivity contribution >= 4 is 61.8 Å². The fraction of sp³-hybridized carbons (Fsp3) is 0.375. The molecular weight excluding hydrogens is 323 g/mol. The summed E-state index contributed by atoms with van der Waals surface area (Å²) in [5.41, 5.74) is 5.42. The van der Waals surface area contributed by atoms with Crippen molar-refractivity contribution in [2.24, 2.45) is 5.73 Å². The van der Waals surface area contributed by atoms with Gasteiger partial charge in [-0.25, -0.2) is 8.42 Å². The summed E-state index contributed by atoms with van der Waals surface area (Å²) in [6.07, 6.45) is 0. The molecule has 17 heavy (non-hydrogen) atoms. The first kappa shape index (κ1) is 15.1. The van der Waals surface area contributed by atoms with E-state index in [0.717, 1.165) is 15.6 Å². The Bertz CT molecular complexity index is 541. The predicted octanol–water partition coefficient (Wildman–Crippen LogP) is 2.35. The molecule has 1 aromatic heterocycles. The van der Waals surface area contributed by atoms with Gasteiger partial charge < -0.3 is 5.73 Å². The SMILES string of the molecule is CC(C(N)=S)N(C)S(=O)(=O)c1cc(Cl)sc1Cl. The van der Waals surface area contributed by atoms with Gasteiger partial charge in [0.25, 0.3) is 0 Å². The fourth-order valence-corrected chi connectivity index (χ4v) is 4.72. The highest BCUT2D eigenvalue weighted by molar-refractivity contribution is 7.89. The molecule has 0 radical (unpaired) electrons. The van der Waals surface area contributed by atoms with E-state index >= 15 is 0 Å². The summed E-state index contributed by atoms with van der Waals surface area (Å²) >= 11 is 17.3. The molecule has 0 aromatic carbocycles. The molecule has 0 aliphatic heterocycles. The lowest BCUT2D eigenvalue weighted by Gasteiger charge is -2.22. The minimum atomic E-state index is -3.73. The first-order chi connectivity index (χ1) is 7.67. The molecule has 0 fully saturated rings. The van der Waals surface area contributed by atoms with E-state index in [2.05, 4.69) is 0 Å². The number of nitrogens with two attached hydrogens (primary N) is 1. The summed E-state index contributed by atoms with van der Waals surface area (Å²) in [6, 6.07) is 0.719. The summed E-state index contributed by atoms with van der Waals surface area (Å²) in [4.78, 5) is 0.0632. The van der Waals surface area contributed by atoms with Gasteiger partial charge in [-0.15, -0.1) is 11.3 Å². The van der Waals surface area contributed by atoms with Crippen molar-refractivity contribution in [1.82, 2.24) is 4.31 Å². The van der Waals surface area contributed by atoms with Gasteiger partial charge in [-0.05, 0) is 13.0 Å². The molecule has 0 aliphatic rings. The van der Waals surface area contributed by atoms with Crippen LogP contribution < -0.4 is 5.73 Å². The molecule has 0 saturated heterocycles. The first-order valence-corrected chi connectivity index (χ1v) is 7.82. The zero-order valence-corrected chi connectivity index (χ0v) is 12.9.